The molecule has 11 rings (SSSR count). The van der Waals surface area contributed by atoms with Crippen LogP contribution in [0.3, 0.4) is 0 Å². The molecule has 0 radical (unpaired) electrons. The van der Waals surface area contributed by atoms with Crippen LogP contribution in [0, 0.1) is 0 Å². The van der Waals surface area contributed by atoms with Crippen molar-refractivity contribution in [3.8, 4) is 56.5 Å². The SMILES string of the molecule is CC1(C)c2ccccc2-c2cc3c(cc21)Oc1ccccc1C31c2ccccc2C=Cc2ccc(-c3nc(-c4ccccc4)cc(-c4ccccc4)n3)cc21. The van der Waals surface area contributed by atoms with Crippen molar-refractivity contribution in [2.45, 2.75) is 24.7 Å². The molecule has 0 saturated heterocycles. The number of hydrogen-bond donors (Lipinski definition) is 0. The van der Waals surface area contributed by atoms with Crippen LogP contribution in [0.4, 0.5) is 0 Å². The number of benzene rings is 7. The summed E-state index contributed by atoms with van der Waals surface area (Å²) in [6.07, 6.45) is 4.54. The van der Waals surface area contributed by atoms with Gasteiger partial charge in [-0.2, -0.15) is 0 Å². The molecule has 1 atom stereocenters. The number of aromatic nitrogens is 2. The largest absolute Gasteiger partial charge is 0.457 e. The molecule has 2 heterocycles. The number of rotatable bonds is 3. The third-order valence-electron chi connectivity index (χ3n) is 12.0. The Labute approximate surface area is 321 Å². The fourth-order valence-corrected chi connectivity index (χ4v) is 9.38. The highest BCUT2D eigenvalue weighted by Gasteiger charge is 2.49. The van der Waals surface area contributed by atoms with Crippen molar-refractivity contribution in [3.05, 3.63) is 214 Å². The van der Waals surface area contributed by atoms with Crippen LogP contribution >= 0.6 is 0 Å². The summed E-state index contributed by atoms with van der Waals surface area (Å²) in [5.74, 6) is 2.44. The highest BCUT2D eigenvalue weighted by Crippen LogP contribution is 2.61. The van der Waals surface area contributed by atoms with Crippen LogP contribution < -0.4 is 4.74 Å². The van der Waals surface area contributed by atoms with Crippen LogP contribution in [0.1, 0.15) is 58.4 Å². The summed E-state index contributed by atoms with van der Waals surface area (Å²) in [6.45, 7) is 4.66. The van der Waals surface area contributed by atoms with Crippen molar-refractivity contribution in [2.24, 2.45) is 0 Å². The molecule has 0 bridgehead atoms. The summed E-state index contributed by atoms with van der Waals surface area (Å²) in [6, 6.07) is 60.7. The molecule has 3 heteroatoms. The number of nitrogens with zero attached hydrogens (tertiary/aromatic N) is 2. The zero-order valence-corrected chi connectivity index (χ0v) is 30.6. The van der Waals surface area contributed by atoms with Gasteiger partial charge in [-0.05, 0) is 74.8 Å². The smallest absolute Gasteiger partial charge is 0.160 e. The van der Waals surface area contributed by atoms with E-state index in [0.29, 0.717) is 5.82 Å². The van der Waals surface area contributed by atoms with Crippen molar-refractivity contribution < 1.29 is 4.74 Å². The van der Waals surface area contributed by atoms with Crippen molar-refractivity contribution in [1.82, 2.24) is 9.97 Å². The number of fused-ring (bicyclic) bond motifs is 11. The summed E-state index contributed by atoms with van der Waals surface area (Å²) in [7, 11) is 0. The van der Waals surface area contributed by atoms with Gasteiger partial charge in [-0.25, -0.2) is 9.97 Å². The molecule has 1 aromatic heterocycles. The van der Waals surface area contributed by atoms with Gasteiger partial charge in [-0.15, -0.1) is 0 Å². The Morgan fingerprint density at radius 2 is 1.00 bits per heavy atom. The fourth-order valence-electron chi connectivity index (χ4n) is 9.38. The van der Waals surface area contributed by atoms with Crippen molar-refractivity contribution >= 4 is 12.2 Å². The van der Waals surface area contributed by atoms with E-state index < -0.39 is 5.41 Å². The van der Waals surface area contributed by atoms with E-state index in [4.69, 9.17) is 14.7 Å². The minimum absolute atomic E-state index is 0.167. The van der Waals surface area contributed by atoms with E-state index in [0.717, 1.165) is 56.3 Å². The van der Waals surface area contributed by atoms with E-state index in [1.54, 1.807) is 0 Å². The summed E-state index contributed by atoms with van der Waals surface area (Å²) in [5, 5.41) is 0. The first-order valence-corrected chi connectivity index (χ1v) is 19.0. The predicted molar refractivity (Wildman–Crippen MR) is 223 cm³/mol. The first-order valence-electron chi connectivity index (χ1n) is 19.0. The third-order valence-corrected chi connectivity index (χ3v) is 12.0. The standard InChI is InChI=1S/C52H36N2O/c1-51(2)41-22-12-10-20-38(41)39-30-45-49(31-44(39)51)55-48-24-14-13-23-42(48)52(45)40-21-11-9-15-33(40)25-26-34-27-28-37(29-43(34)52)50-53-46(35-16-5-3-6-17-35)32-47(54-50)36-18-7-4-8-19-36/h3-32H,1-2H3. The number of ether oxygens (including phenoxy) is 1. The fraction of sp³-hybridized carbons (Fsp3) is 0.0769. The minimum Gasteiger partial charge on any atom is -0.457 e. The monoisotopic (exact) mass is 704 g/mol. The second-order valence-corrected chi connectivity index (χ2v) is 15.3. The zero-order valence-electron chi connectivity index (χ0n) is 30.6. The summed E-state index contributed by atoms with van der Waals surface area (Å²) in [4.78, 5) is 10.5. The Morgan fingerprint density at radius 1 is 0.400 bits per heavy atom. The third kappa shape index (κ3) is 4.63. The summed E-state index contributed by atoms with van der Waals surface area (Å²) < 4.78 is 6.99. The lowest BCUT2D eigenvalue weighted by Crippen LogP contribution is -2.35. The molecule has 2 aliphatic carbocycles. The molecule has 3 aliphatic rings. The Bertz CT molecular complexity index is 2810. The van der Waals surface area contributed by atoms with Gasteiger partial charge < -0.3 is 4.74 Å². The van der Waals surface area contributed by atoms with Crippen LogP contribution in [0.2, 0.25) is 0 Å². The van der Waals surface area contributed by atoms with Gasteiger partial charge in [0.2, 0.25) is 0 Å². The molecule has 0 amide bonds. The molecular weight excluding hydrogens is 669 g/mol. The van der Waals surface area contributed by atoms with Crippen LogP contribution in [-0.4, -0.2) is 9.97 Å². The summed E-state index contributed by atoms with van der Waals surface area (Å²) >= 11 is 0. The van der Waals surface area contributed by atoms with Gasteiger partial charge in [-0.1, -0.05) is 166 Å². The van der Waals surface area contributed by atoms with Gasteiger partial charge in [0, 0.05) is 33.2 Å². The molecule has 3 nitrogen and oxygen atoms in total. The van der Waals surface area contributed by atoms with Gasteiger partial charge in [0.25, 0.3) is 0 Å². The number of hydrogen-bond acceptors (Lipinski definition) is 3. The predicted octanol–water partition coefficient (Wildman–Crippen LogP) is 12.8. The highest BCUT2D eigenvalue weighted by atomic mass is 16.5. The first kappa shape index (κ1) is 31.7. The quantitative estimate of drug-likeness (QED) is 0.184. The molecule has 260 valence electrons. The van der Waals surface area contributed by atoms with Crippen LogP contribution in [-0.2, 0) is 10.8 Å². The van der Waals surface area contributed by atoms with Crippen LogP contribution in [0.25, 0.3) is 57.2 Å². The van der Waals surface area contributed by atoms with E-state index in [9.17, 15) is 0 Å². The Morgan fingerprint density at radius 3 is 1.73 bits per heavy atom. The topological polar surface area (TPSA) is 35.0 Å². The van der Waals surface area contributed by atoms with Crippen molar-refractivity contribution in [2.75, 3.05) is 0 Å². The lowest BCUT2D eigenvalue weighted by Gasteiger charge is -2.43. The average Bonchev–Trinajstić information content (AvgIpc) is 3.36. The van der Waals surface area contributed by atoms with E-state index in [2.05, 4.69) is 184 Å². The molecule has 0 saturated carbocycles. The zero-order chi connectivity index (χ0) is 36.7. The average molecular weight is 705 g/mol. The van der Waals surface area contributed by atoms with Gasteiger partial charge in [0.05, 0.1) is 16.8 Å². The normalized spacial score (nSPS) is 16.5. The highest BCUT2D eigenvalue weighted by molar-refractivity contribution is 5.89. The molecule has 0 fully saturated rings. The first-order chi connectivity index (χ1) is 27.0. The molecule has 0 N–H and O–H groups in total. The molecule has 1 unspecified atom stereocenters. The Kier molecular flexibility index (Phi) is 6.81. The Balaban J connectivity index is 1.23. The maximum atomic E-state index is 6.99. The molecule has 7 aromatic carbocycles. The van der Waals surface area contributed by atoms with E-state index in [1.165, 1.54) is 38.9 Å². The lowest BCUT2D eigenvalue weighted by atomic mass is 9.61. The van der Waals surface area contributed by atoms with Crippen LogP contribution in [0.5, 0.6) is 11.5 Å². The second-order valence-electron chi connectivity index (χ2n) is 15.3. The van der Waals surface area contributed by atoms with Gasteiger partial charge in [-0.3, -0.25) is 0 Å². The van der Waals surface area contributed by atoms with E-state index in [1.807, 2.05) is 12.1 Å². The van der Waals surface area contributed by atoms with Crippen molar-refractivity contribution in [1.29, 1.82) is 0 Å². The maximum absolute atomic E-state index is 6.99. The van der Waals surface area contributed by atoms with Gasteiger partial charge in [0.1, 0.15) is 11.5 Å². The van der Waals surface area contributed by atoms with E-state index >= 15 is 0 Å². The molecule has 55 heavy (non-hydrogen) atoms. The van der Waals surface area contributed by atoms with Gasteiger partial charge >= 0.3 is 0 Å². The molecule has 1 aliphatic heterocycles. The molecule has 1 spiro atoms. The minimum atomic E-state index is -0.717. The number of para-hydroxylation sites is 1. The van der Waals surface area contributed by atoms with Crippen molar-refractivity contribution in [3.63, 3.8) is 0 Å². The van der Waals surface area contributed by atoms with Gasteiger partial charge in [0.15, 0.2) is 5.82 Å². The van der Waals surface area contributed by atoms with E-state index in [-0.39, 0.29) is 5.41 Å². The maximum Gasteiger partial charge on any atom is 0.160 e. The lowest BCUT2D eigenvalue weighted by molar-refractivity contribution is 0.433. The second kappa shape index (κ2) is 11.8. The molecular formula is C52H36N2O. The molecule has 8 aromatic rings. The summed E-state index contributed by atoms with van der Waals surface area (Å²) in [5.41, 5.74) is 16.1. The van der Waals surface area contributed by atoms with Crippen LogP contribution in [0.15, 0.2) is 170 Å². The Hall–Kier alpha value is -6.84.